The number of furan rings is 1. The second-order valence-corrected chi connectivity index (χ2v) is 9.13. The highest BCUT2D eigenvalue weighted by atomic mass is 19.1. The topological polar surface area (TPSA) is 91.7 Å². The lowest BCUT2D eigenvalue weighted by Gasteiger charge is -2.33. The summed E-state index contributed by atoms with van der Waals surface area (Å²) < 4.78 is 20.2. The van der Waals surface area contributed by atoms with E-state index in [0.717, 1.165) is 36.8 Å². The van der Waals surface area contributed by atoms with Gasteiger partial charge in [0.1, 0.15) is 11.9 Å². The third-order valence-corrected chi connectivity index (χ3v) is 6.45. The first kappa shape index (κ1) is 25.2. The lowest BCUT2D eigenvalue weighted by molar-refractivity contribution is -0.126. The molecule has 1 aromatic heterocycles. The molecule has 0 aliphatic heterocycles. The molecule has 0 radical (unpaired) electrons. The molecule has 0 unspecified atom stereocenters. The monoisotopic (exact) mass is 491 g/mol. The zero-order valence-electron chi connectivity index (χ0n) is 20.4. The molecule has 3 aromatic rings. The predicted molar refractivity (Wildman–Crippen MR) is 134 cm³/mol. The Morgan fingerprint density at radius 2 is 1.81 bits per heavy atom. The highest BCUT2D eigenvalue weighted by Crippen LogP contribution is 2.33. The number of nitrogens with zero attached hydrogens (tertiary/aromatic N) is 1. The highest BCUT2D eigenvalue weighted by molar-refractivity contribution is 6.04. The van der Waals surface area contributed by atoms with Gasteiger partial charge in [-0.1, -0.05) is 43.2 Å². The summed E-state index contributed by atoms with van der Waals surface area (Å²) in [5.74, 6) is -2.11. The maximum absolute atomic E-state index is 15.1. The van der Waals surface area contributed by atoms with Crippen molar-refractivity contribution in [3.05, 3.63) is 89.1 Å². The molecule has 36 heavy (non-hydrogen) atoms. The van der Waals surface area contributed by atoms with Crippen LogP contribution in [0.3, 0.4) is 0 Å². The van der Waals surface area contributed by atoms with Gasteiger partial charge in [-0.15, -0.1) is 0 Å². The summed E-state index contributed by atoms with van der Waals surface area (Å²) >= 11 is 0. The summed E-state index contributed by atoms with van der Waals surface area (Å²) in [6.45, 7) is 3.29. The molecule has 1 saturated carbocycles. The SMILES string of the molecule is Cc1ccc(C)c(N(C(=O)CNC(=O)c2ccco2)[C@@H](C(=O)NC2CCCC2)c2ccccc2F)c1. The fourth-order valence-electron chi connectivity index (χ4n) is 4.58. The Morgan fingerprint density at radius 1 is 1.06 bits per heavy atom. The first-order valence-electron chi connectivity index (χ1n) is 12.1. The molecule has 1 heterocycles. The average molecular weight is 492 g/mol. The Bertz CT molecular complexity index is 1240. The number of carbonyl (C=O) groups is 3. The first-order chi connectivity index (χ1) is 17.3. The van der Waals surface area contributed by atoms with Crippen LogP contribution in [0.1, 0.15) is 59.0 Å². The molecule has 1 fully saturated rings. The van der Waals surface area contributed by atoms with Gasteiger partial charge in [0, 0.05) is 17.3 Å². The maximum atomic E-state index is 15.1. The van der Waals surface area contributed by atoms with E-state index in [1.165, 1.54) is 29.4 Å². The summed E-state index contributed by atoms with van der Waals surface area (Å²) in [6.07, 6.45) is 5.06. The molecule has 0 spiro atoms. The van der Waals surface area contributed by atoms with Gasteiger partial charge in [0.2, 0.25) is 11.8 Å². The predicted octanol–water partition coefficient (Wildman–Crippen LogP) is 4.60. The number of rotatable bonds is 8. The molecule has 2 N–H and O–H groups in total. The maximum Gasteiger partial charge on any atom is 0.287 e. The summed E-state index contributed by atoms with van der Waals surface area (Å²) in [5.41, 5.74) is 2.17. The minimum atomic E-state index is -1.26. The number of nitrogens with one attached hydrogen (secondary N) is 2. The smallest absolute Gasteiger partial charge is 0.287 e. The fraction of sp³-hybridized carbons (Fsp3) is 0.321. The van der Waals surface area contributed by atoms with Crippen molar-refractivity contribution >= 4 is 23.4 Å². The number of carbonyl (C=O) groups excluding carboxylic acids is 3. The van der Waals surface area contributed by atoms with Crippen LogP contribution in [0.15, 0.2) is 65.3 Å². The molecular weight excluding hydrogens is 461 g/mol. The third-order valence-electron chi connectivity index (χ3n) is 6.45. The highest BCUT2D eigenvalue weighted by Gasteiger charge is 2.36. The van der Waals surface area contributed by atoms with E-state index in [1.54, 1.807) is 24.3 Å². The van der Waals surface area contributed by atoms with Gasteiger partial charge in [-0.3, -0.25) is 19.3 Å². The van der Waals surface area contributed by atoms with E-state index in [0.29, 0.717) is 5.69 Å². The fourth-order valence-corrected chi connectivity index (χ4v) is 4.58. The van der Waals surface area contributed by atoms with Gasteiger partial charge >= 0.3 is 0 Å². The molecule has 1 aliphatic carbocycles. The Morgan fingerprint density at radius 3 is 2.50 bits per heavy atom. The number of halogens is 1. The van der Waals surface area contributed by atoms with E-state index in [2.05, 4.69) is 10.6 Å². The van der Waals surface area contributed by atoms with E-state index < -0.39 is 36.1 Å². The van der Waals surface area contributed by atoms with Crippen molar-refractivity contribution in [1.29, 1.82) is 0 Å². The van der Waals surface area contributed by atoms with Crippen LogP contribution < -0.4 is 15.5 Å². The molecule has 188 valence electrons. The summed E-state index contributed by atoms with van der Waals surface area (Å²) in [6, 6.07) is 13.3. The molecule has 4 rings (SSSR count). The van der Waals surface area contributed by atoms with Crippen LogP contribution in [-0.2, 0) is 9.59 Å². The van der Waals surface area contributed by atoms with Crippen LogP contribution in [-0.4, -0.2) is 30.3 Å². The van der Waals surface area contributed by atoms with Gasteiger partial charge in [-0.25, -0.2) is 4.39 Å². The average Bonchev–Trinajstić information content (AvgIpc) is 3.58. The van der Waals surface area contributed by atoms with E-state index >= 15 is 4.39 Å². The zero-order valence-corrected chi connectivity index (χ0v) is 20.4. The Kier molecular flexibility index (Phi) is 7.83. The van der Waals surface area contributed by atoms with Crippen LogP contribution in [0.4, 0.5) is 10.1 Å². The van der Waals surface area contributed by atoms with Gasteiger partial charge < -0.3 is 15.1 Å². The third kappa shape index (κ3) is 5.64. The van der Waals surface area contributed by atoms with Gasteiger partial charge in [-0.05, 0) is 62.1 Å². The summed E-state index contributed by atoms with van der Waals surface area (Å²) in [4.78, 5) is 41.2. The molecular formula is C28H30FN3O4. The van der Waals surface area contributed by atoms with Crippen molar-refractivity contribution in [2.24, 2.45) is 0 Å². The van der Waals surface area contributed by atoms with E-state index in [4.69, 9.17) is 4.42 Å². The Labute approximate surface area is 209 Å². The lowest BCUT2D eigenvalue weighted by Crippen LogP contribution is -2.49. The summed E-state index contributed by atoms with van der Waals surface area (Å²) in [7, 11) is 0. The van der Waals surface area contributed by atoms with Crippen LogP contribution >= 0.6 is 0 Å². The van der Waals surface area contributed by atoms with E-state index in [9.17, 15) is 14.4 Å². The van der Waals surface area contributed by atoms with Gasteiger partial charge in [-0.2, -0.15) is 0 Å². The molecule has 1 aliphatic rings. The number of aryl methyl sites for hydroxylation is 2. The van der Waals surface area contributed by atoms with Crippen molar-refractivity contribution in [3.8, 4) is 0 Å². The molecule has 8 heteroatoms. The number of anilines is 1. The number of benzene rings is 2. The van der Waals surface area contributed by atoms with E-state index in [-0.39, 0.29) is 17.4 Å². The molecule has 3 amide bonds. The van der Waals surface area contributed by atoms with Crippen LogP contribution in [0.5, 0.6) is 0 Å². The van der Waals surface area contributed by atoms with Gasteiger partial charge in [0.25, 0.3) is 5.91 Å². The molecule has 2 aromatic carbocycles. The largest absolute Gasteiger partial charge is 0.459 e. The van der Waals surface area contributed by atoms with Crippen molar-refractivity contribution in [3.63, 3.8) is 0 Å². The number of hydrogen-bond acceptors (Lipinski definition) is 4. The van der Waals surface area contributed by atoms with Crippen LogP contribution in [0.25, 0.3) is 0 Å². The Hall–Kier alpha value is -3.94. The summed E-state index contributed by atoms with van der Waals surface area (Å²) in [5, 5.41) is 5.58. The second-order valence-electron chi connectivity index (χ2n) is 9.13. The number of hydrogen-bond donors (Lipinski definition) is 2. The van der Waals surface area contributed by atoms with Crippen LogP contribution in [0.2, 0.25) is 0 Å². The molecule has 0 bridgehead atoms. The minimum Gasteiger partial charge on any atom is -0.459 e. The second kappa shape index (κ2) is 11.2. The lowest BCUT2D eigenvalue weighted by atomic mass is 10.00. The standard InChI is InChI=1S/C28H30FN3O4/c1-18-13-14-19(2)23(16-18)32(25(33)17-30-27(34)24-12-7-15-36-24)26(21-10-5-6-11-22(21)29)28(35)31-20-8-3-4-9-20/h5-7,10-16,20,26H,3-4,8-9,17H2,1-2H3,(H,30,34)(H,31,35)/t26-/m1/s1. The minimum absolute atomic E-state index is 0.0269. The van der Waals surface area contributed by atoms with Crippen molar-refractivity contribution < 1.29 is 23.2 Å². The van der Waals surface area contributed by atoms with Gasteiger partial charge in [0.05, 0.1) is 12.8 Å². The van der Waals surface area contributed by atoms with Gasteiger partial charge in [0.15, 0.2) is 5.76 Å². The zero-order chi connectivity index (χ0) is 25.7. The Balaban J connectivity index is 1.74. The molecule has 7 nitrogen and oxygen atoms in total. The quantitative estimate of drug-likeness (QED) is 0.482. The molecule has 1 atom stereocenters. The van der Waals surface area contributed by atoms with E-state index in [1.807, 2.05) is 26.0 Å². The van der Waals surface area contributed by atoms with Crippen molar-refractivity contribution in [2.45, 2.75) is 51.6 Å². The van der Waals surface area contributed by atoms with Crippen LogP contribution in [0, 0.1) is 19.7 Å². The first-order valence-corrected chi connectivity index (χ1v) is 12.1. The normalized spacial score (nSPS) is 14.3. The number of amides is 3. The van der Waals surface area contributed by atoms with Crippen molar-refractivity contribution in [2.75, 3.05) is 11.4 Å². The van der Waals surface area contributed by atoms with Crippen molar-refractivity contribution in [1.82, 2.24) is 10.6 Å². The molecule has 0 saturated heterocycles.